The fourth-order valence-corrected chi connectivity index (χ4v) is 3.64. The van der Waals surface area contributed by atoms with Crippen LogP contribution < -0.4 is 10.1 Å². The number of halogens is 1. The number of hydrogen-bond acceptors (Lipinski definition) is 5. The maximum atomic E-state index is 13.4. The Morgan fingerprint density at radius 3 is 2.52 bits per heavy atom. The molecule has 0 aliphatic carbocycles. The van der Waals surface area contributed by atoms with Crippen molar-refractivity contribution < 1.29 is 18.7 Å². The number of ether oxygens (including phenoxy) is 1. The van der Waals surface area contributed by atoms with Crippen LogP contribution in [0.5, 0.6) is 5.75 Å². The van der Waals surface area contributed by atoms with Crippen molar-refractivity contribution in [2.45, 2.75) is 20.4 Å². The second-order valence-corrected chi connectivity index (χ2v) is 7.73. The quantitative estimate of drug-likeness (QED) is 0.553. The molecule has 2 amide bonds. The summed E-state index contributed by atoms with van der Waals surface area (Å²) in [4.78, 5) is 27.9. The number of carbonyl (C=O) groups is 2. The Hall–Kier alpha value is -3.51. The number of imide groups is 1. The van der Waals surface area contributed by atoms with Crippen molar-refractivity contribution in [2.75, 3.05) is 12.4 Å². The first-order valence-corrected chi connectivity index (χ1v) is 10.1. The molecule has 0 unspecified atom stereocenters. The van der Waals surface area contributed by atoms with Crippen LogP contribution in [0.15, 0.2) is 64.9 Å². The highest BCUT2D eigenvalue weighted by molar-refractivity contribution is 6.36. The molecule has 6 nitrogen and oxygen atoms in total. The summed E-state index contributed by atoms with van der Waals surface area (Å²) in [7, 11) is 1.53. The van der Waals surface area contributed by atoms with Gasteiger partial charge in [-0.3, -0.25) is 14.5 Å². The summed E-state index contributed by atoms with van der Waals surface area (Å²) in [5.74, 6) is 0.175. The van der Waals surface area contributed by atoms with Crippen LogP contribution in [0.4, 0.5) is 5.69 Å². The Morgan fingerprint density at radius 1 is 1.03 bits per heavy atom. The van der Waals surface area contributed by atoms with Gasteiger partial charge in [-0.2, -0.15) is 0 Å². The maximum absolute atomic E-state index is 13.4. The number of amides is 2. The third kappa shape index (κ3) is 3.94. The Labute approximate surface area is 185 Å². The van der Waals surface area contributed by atoms with Crippen molar-refractivity contribution in [1.82, 2.24) is 4.90 Å². The minimum absolute atomic E-state index is 0.0386. The van der Waals surface area contributed by atoms with Crippen molar-refractivity contribution in [1.29, 1.82) is 0 Å². The highest BCUT2D eigenvalue weighted by Crippen LogP contribution is 2.35. The Bertz CT molecular complexity index is 1200. The molecule has 1 N–H and O–H groups in total. The van der Waals surface area contributed by atoms with Gasteiger partial charge in [0.25, 0.3) is 11.8 Å². The van der Waals surface area contributed by atoms with Gasteiger partial charge < -0.3 is 14.5 Å². The van der Waals surface area contributed by atoms with Crippen molar-refractivity contribution in [2.24, 2.45) is 0 Å². The number of carbonyl (C=O) groups excluding carboxylic acids is 2. The van der Waals surface area contributed by atoms with Crippen LogP contribution in [0.3, 0.4) is 0 Å². The fraction of sp³-hybridized carbons (Fsp3) is 0.167. The first-order chi connectivity index (χ1) is 14.9. The van der Waals surface area contributed by atoms with Gasteiger partial charge in [0.1, 0.15) is 17.2 Å². The molecule has 2 heterocycles. The zero-order chi connectivity index (χ0) is 22.1. The summed E-state index contributed by atoms with van der Waals surface area (Å²) in [6, 6.07) is 14.2. The minimum Gasteiger partial charge on any atom is -0.495 e. The first-order valence-electron chi connectivity index (χ1n) is 9.70. The molecular formula is C24H21ClN2O4. The van der Waals surface area contributed by atoms with Gasteiger partial charge in [-0.05, 0) is 60.9 Å². The molecule has 0 saturated carbocycles. The van der Waals surface area contributed by atoms with Crippen LogP contribution in [0.1, 0.15) is 22.5 Å². The average molecular weight is 437 g/mol. The van der Waals surface area contributed by atoms with Crippen LogP contribution in [0.25, 0.3) is 5.57 Å². The molecule has 31 heavy (non-hydrogen) atoms. The molecule has 1 aromatic heterocycles. The Kier molecular flexibility index (Phi) is 5.57. The molecule has 4 rings (SSSR count). The number of hydrogen-bond donors (Lipinski definition) is 1. The van der Waals surface area contributed by atoms with Crippen LogP contribution in [-0.4, -0.2) is 23.8 Å². The lowest BCUT2D eigenvalue weighted by molar-refractivity contribution is -0.137. The molecule has 0 saturated heterocycles. The summed E-state index contributed by atoms with van der Waals surface area (Å²) in [6.07, 6.45) is 1.51. The van der Waals surface area contributed by atoms with E-state index in [1.165, 1.54) is 18.3 Å². The van der Waals surface area contributed by atoms with Crippen LogP contribution >= 0.6 is 11.6 Å². The van der Waals surface area contributed by atoms with E-state index in [2.05, 4.69) is 5.32 Å². The van der Waals surface area contributed by atoms with Gasteiger partial charge in [-0.25, -0.2) is 0 Å². The number of methoxy groups -OCH3 is 1. The summed E-state index contributed by atoms with van der Waals surface area (Å²) >= 11 is 6.15. The van der Waals surface area contributed by atoms with E-state index < -0.39 is 11.8 Å². The molecule has 0 spiro atoms. The molecule has 2 aromatic carbocycles. The average Bonchev–Trinajstić information content (AvgIpc) is 3.34. The summed E-state index contributed by atoms with van der Waals surface area (Å²) in [6.45, 7) is 4.00. The lowest BCUT2D eigenvalue weighted by Crippen LogP contribution is -2.31. The molecule has 0 bridgehead atoms. The summed E-state index contributed by atoms with van der Waals surface area (Å²) in [5.41, 5.74) is 3.73. The molecule has 158 valence electrons. The van der Waals surface area contributed by atoms with Crippen molar-refractivity contribution >= 4 is 34.7 Å². The van der Waals surface area contributed by atoms with E-state index in [1.807, 2.05) is 32.0 Å². The Balaban J connectivity index is 1.81. The number of anilines is 1. The smallest absolute Gasteiger partial charge is 0.278 e. The lowest BCUT2D eigenvalue weighted by Gasteiger charge is -2.14. The van der Waals surface area contributed by atoms with Crippen LogP contribution in [-0.2, 0) is 16.1 Å². The molecule has 0 radical (unpaired) electrons. The Morgan fingerprint density at radius 2 is 1.84 bits per heavy atom. The number of benzene rings is 2. The minimum atomic E-state index is -0.448. The fourth-order valence-electron chi connectivity index (χ4n) is 3.47. The molecule has 0 atom stereocenters. The third-order valence-electron chi connectivity index (χ3n) is 5.28. The molecule has 7 heteroatoms. The molecule has 1 aliphatic rings. The highest BCUT2D eigenvalue weighted by Gasteiger charge is 2.40. The van der Waals surface area contributed by atoms with Gasteiger partial charge in [0.2, 0.25) is 0 Å². The summed E-state index contributed by atoms with van der Waals surface area (Å²) in [5, 5.41) is 3.57. The van der Waals surface area contributed by atoms with Crippen LogP contribution in [0.2, 0.25) is 5.02 Å². The van der Waals surface area contributed by atoms with Gasteiger partial charge >= 0.3 is 0 Å². The topological polar surface area (TPSA) is 71.8 Å². The van der Waals surface area contributed by atoms with Crippen molar-refractivity contribution in [3.63, 3.8) is 0 Å². The van der Waals surface area contributed by atoms with Crippen molar-refractivity contribution in [3.05, 3.63) is 88.0 Å². The van der Waals surface area contributed by atoms with Gasteiger partial charge in [-0.1, -0.05) is 29.8 Å². The zero-order valence-corrected chi connectivity index (χ0v) is 18.1. The molecule has 3 aromatic rings. The first kappa shape index (κ1) is 20.8. The third-order valence-corrected chi connectivity index (χ3v) is 5.51. The second-order valence-electron chi connectivity index (χ2n) is 7.29. The highest BCUT2D eigenvalue weighted by atomic mass is 35.5. The van der Waals surface area contributed by atoms with E-state index in [1.54, 1.807) is 30.3 Å². The molecule has 0 fully saturated rings. The van der Waals surface area contributed by atoms with E-state index in [0.29, 0.717) is 33.4 Å². The van der Waals surface area contributed by atoms with Crippen molar-refractivity contribution in [3.8, 4) is 5.75 Å². The number of rotatable bonds is 6. The van der Waals surface area contributed by atoms with E-state index in [0.717, 1.165) is 11.1 Å². The van der Waals surface area contributed by atoms with Crippen LogP contribution in [0, 0.1) is 13.8 Å². The van der Waals surface area contributed by atoms with E-state index in [-0.39, 0.29) is 12.2 Å². The lowest BCUT2D eigenvalue weighted by atomic mass is 9.99. The van der Waals surface area contributed by atoms with Gasteiger partial charge in [-0.15, -0.1) is 0 Å². The number of furan rings is 1. The largest absolute Gasteiger partial charge is 0.495 e. The normalized spacial score (nSPS) is 13.9. The zero-order valence-electron chi connectivity index (χ0n) is 17.4. The maximum Gasteiger partial charge on any atom is 0.278 e. The van der Waals surface area contributed by atoms with E-state index in [4.69, 9.17) is 20.8 Å². The van der Waals surface area contributed by atoms with E-state index >= 15 is 0 Å². The monoisotopic (exact) mass is 436 g/mol. The number of nitrogens with zero attached hydrogens (tertiary/aromatic N) is 1. The SMILES string of the molecule is COc1ccc(Cl)cc1NC1=C(c2ccc(C)c(C)c2)C(=O)N(Cc2ccco2)C1=O. The van der Waals surface area contributed by atoms with Gasteiger partial charge in [0.15, 0.2) is 0 Å². The molecule has 1 aliphatic heterocycles. The summed E-state index contributed by atoms with van der Waals surface area (Å²) < 4.78 is 10.7. The predicted octanol–water partition coefficient (Wildman–Crippen LogP) is 4.95. The molecular weight excluding hydrogens is 416 g/mol. The van der Waals surface area contributed by atoms with Gasteiger partial charge in [0, 0.05) is 5.02 Å². The second kappa shape index (κ2) is 8.32. The number of aryl methyl sites for hydroxylation is 2. The van der Waals surface area contributed by atoms with E-state index in [9.17, 15) is 9.59 Å². The van der Waals surface area contributed by atoms with Gasteiger partial charge in [0.05, 0.1) is 31.2 Å². The predicted molar refractivity (Wildman–Crippen MR) is 119 cm³/mol. The number of nitrogens with one attached hydrogen (secondary N) is 1. The standard InChI is InChI=1S/C24H21ClN2O4/c1-14-6-7-16(11-15(14)2)21-22(26-19-12-17(25)8-9-20(19)30-3)24(29)27(23(21)28)13-18-5-4-10-31-18/h4-12,26H,13H2,1-3H3.